The van der Waals surface area contributed by atoms with Crippen molar-refractivity contribution in [3.8, 4) is 5.75 Å². The summed E-state index contributed by atoms with van der Waals surface area (Å²) >= 11 is 5.75. The zero-order valence-electron chi connectivity index (χ0n) is 10.5. The molecule has 2 rings (SSSR count). The van der Waals surface area contributed by atoms with Gasteiger partial charge < -0.3 is 14.8 Å². The molecule has 0 saturated carbocycles. The van der Waals surface area contributed by atoms with Gasteiger partial charge in [0.25, 0.3) is 0 Å². The van der Waals surface area contributed by atoms with Gasteiger partial charge in [-0.05, 0) is 18.2 Å². The van der Waals surface area contributed by atoms with Gasteiger partial charge in [0.2, 0.25) is 5.72 Å². The van der Waals surface area contributed by atoms with Crippen LogP contribution < -0.4 is 10.1 Å². The summed E-state index contributed by atoms with van der Waals surface area (Å²) in [7, 11) is 0. The maximum absolute atomic E-state index is 13.7. The fraction of sp³-hybridized carbons (Fsp3) is 0.231. The molecule has 1 aromatic carbocycles. The Kier molecular flexibility index (Phi) is 4.32. The molecule has 1 aromatic rings. The van der Waals surface area contributed by atoms with E-state index >= 15 is 0 Å². The van der Waals surface area contributed by atoms with Crippen molar-refractivity contribution in [3.05, 3.63) is 48.1 Å². The Morgan fingerprint density at radius 1 is 1.38 bits per heavy atom. The molecule has 1 N–H and O–H groups in total. The van der Waals surface area contributed by atoms with E-state index in [1.54, 1.807) is 0 Å². The summed E-state index contributed by atoms with van der Waals surface area (Å²) in [6.07, 6.45) is 0.893. The topological polar surface area (TPSA) is 30.5 Å². The maximum atomic E-state index is 13.7. The highest BCUT2D eigenvalue weighted by atomic mass is 35.5. The number of hydrogen-bond acceptors (Lipinski definition) is 3. The third-order valence-electron chi connectivity index (χ3n) is 2.61. The van der Waals surface area contributed by atoms with Crippen LogP contribution in [0.25, 0.3) is 6.08 Å². The third-order valence-corrected chi connectivity index (χ3v) is 3.01. The molecule has 0 spiro atoms. The molecule has 0 fully saturated rings. The summed E-state index contributed by atoms with van der Waals surface area (Å²) in [5.74, 6) is -1.42. The zero-order chi connectivity index (χ0) is 15.5. The standard InChI is InChI=1S/C13H10ClF4NO2/c14-8-12(19-5-6-20-12)4-3-9-1-2-10(7-11(9)15)21-13(16,17)18/h1-7,19H,8H2/b4-3+. The molecule has 1 heterocycles. The number of hydrogen-bond donors (Lipinski definition) is 1. The van der Waals surface area contributed by atoms with E-state index in [0.717, 1.165) is 12.1 Å². The second-order valence-corrected chi connectivity index (χ2v) is 4.42. The number of alkyl halides is 4. The Morgan fingerprint density at radius 3 is 2.67 bits per heavy atom. The lowest BCUT2D eigenvalue weighted by Gasteiger charge is -2.22. The number of halogens is 5. The Hall–Kier alpha value is -1.89. The summed E-state index contributed by atoms with van der Waals surface area (Å²) in [5.41, 5.74) is -0.916. The van der Waals surface area contributed by atoms with Crippen molar-refractivity contribution in [2.75, 3.05) is 5.88 Å². The van der Waals surface area contributed by atoms with Gasteiger partial charge in [0, 0.05) is 17.8 Å². The molecule has 1 aliphatic heterocycles. The molecule has 0 amide bonds. The molecule has 1 atom stereocenters. The number of benzene rings is 1. The van der Waals surface area contributed by atoms with Gasteiger partial charge >= 0.3 is 6.36 Å². The highest BCUT2D eigenvalue weighted by Crippen LogP contribution is 2.26. The van der Waals surface area contributed by atoms with Gasteiger partial charge in [-0.3, -0.25) is 0 Å². The fourth-order valence-corrected chi connectivity index (χ4v) is 1.86. The van der Waals surface area contributed by atoms with Crippen LogP contribution in [0.15, 0.2) is 36.7 Å². The van der Waals surface area contributed by atoms with Crippen molar-refractivity contribution in [3.63, 3.8) is 0 Å². The summed E-state index contributed by atoms with van der Waals surface area (Å²) in [4.78, 5) is 0. The highest BCUT2D eigenvalue weighted by Gasteiger charge is 2.31. The lowest BCUT2D eigenvalue weighted by atomic mass is 10.1. The lowest BCUT2D eigenvalue weighted by Crippen LogP contribution is -2.40. The van der Waals surface area contributed by atoms with E-state index in [-0.39, 0.29) is 11.4 Å². The molecule has 8 heteroatoms. The monoisotopic (exact) mass is 323 g/mol. The van der Waals surface area contributed by atoms with Crippen LogP contribution in [0.4, 0.5) is 17.6 Å². The first-order chi connectivity index (χ1) is 9.84. The molecule has 114 valence electrons. The van der Waals surface area contributed by atoms with E-state index in [9.17, 15) is 17.6 Å². The van der Waals surface area contributed by atoms with Gasteiger partial charge in [-0.1, -0.05) is 6.08 Å². The summed E-state index contributed by atoms with van der Waals surface area (Å²) < 4.78 is 58.6. The molecule has 0 aromatic heterocycles. The number of ether oxygens (including phenoxy) is 2. The Morgan fingerprint density at radius 2 is 2.14 bits per heavy atom. The van der Waals surface area contributed by atoms with Crippen molar-refractivity contribution in [1.82, 2.24) is 5.32 Å². The average Bonchev–Trinajstić information content (AvgIpc) is 2.85. The van der Waals surface area contributed by atoms with Crippen LogP contribution in [0.1, 0.15) is 5.56 Å². The predicted molar refractivity (Wildman–Crippen MR) is 68.9 cm³/mol. The molecular weight excluding hydrogens is 314 g/mol. The summed E-state index contributed by atoms with van der Waals surface area (Å²) in [6, 6.07) is 2.84. The van der Waals surface area contributed by atoms with Gasteiger partial charge in [-0.2, -0.15) is 0 Å². The minimum absolute atomic E-state index is 0.0629. The maximum Gasteiger partial charge on any atom is 0.573 e. The number of rotatable bonds is 4. The van der Waals surface area contributed by atoms with Crippen molar-refractivity contribution in [1.29, 1.82) is 0 Å². The molecule has 21 heavy (non-hydrogen) atoms. The van der Waals surface area contributed by atoms with Crippen LogP contribution in [0.2, 0.25) is 0 Å². The van der Waals surface area contributed by atoms with Crippen LogP contribution in [0.5, 0.6) is 5.75 Å². The van der Waals surface area contributed by atoms with Crippen LogP contribution in [0.3, 0.4) is 0 Å². The molecule has 1 unspecified atom stereocenters. The molecule has 0 radical (unpaired) electrons. The largest absolute Gasteiger partial charge is 0.573 e. The second-order valence-electron chi connectivity index (χ2n) is 4.15. The van der Waals surface area contributed by atoms with Crippen molar-refractivity contribution < 1.29 is 27.0 Å². The molecule has 1 aliphatic rings. The van der Waals surface area contributed by atoms with Crippen LogP contribution >= 0.6 is 11.6 Å². The number of nitrogens with one attached hydrogen (secondary N) is 1. The Bertz CT molecular complexity index is 564. The molecule has 0 aliphatic carbocycles. The van der Waals surface area contributed by atoms with Crippen molar-refractivity contribution in [2.45, 2.75) is 12.1 Å². The van der Waals surface area contributed by atoms with Gasteiger partial charge in [-0.25, -0.2) is 4.39 Å². The van der Waals surface area contributed by atoms with E-state index in [4.69, 9.17) is 16.3 Å². The van der Waals surface area contributed by atoms with E-state index < -0.39 is 23.7 Å². The van der Waals surface area contributed by atoms with E-state index in [0.29, 0.717) is 6.07 Å². The van der Waals surface area contributed by atoms with Crippen LogP contribution in [0, 0.1) is 5.82 Å². The van der Waals surface area contributed by atoms with Crippen LogP contribution in [-0.2, 0) is 4.74 Å². The van der Waals surface area contributed by atoms with E-state index in [2.05, 4.69) is 10.1 Å². The quantitative estimate of drug-likeness (QED) is 0.676. The smallest absolute Gasteiger partial charge is 0.469 e. The summed E-state index contributed by atoms with van der Waals surface area (Å²) in [6.45, 7) is 0. The Balaban J connectivity index is 2.14. The van der Waals surface area contributed by atoms with Crippen LogP contribution in [-0.4, -0.2) is 18.0 Å². The van der Waals surface area contributed by atoms with E-state index in [1.807, 2.05) is 0 Å². The normalized spacial score (nSPS) is 21.4. The minimum atomic E-state index is -4.86. The first kappa shape index (κ1) is 15.5. The van der Waals surface area contributed by atoms with Crippen molar-refractivity contribution in [2.24, 2.45) is 0 Å². The third kappa shape index (κ3) is 4.04. The molecule has 0 saturated heterocycles. The lowest BCUT2D eigenvalue weighted by molar-refractivity contribution is -0.274. The van der Waals surface area contributed by atoms with Crippen molar-refractivity contribution >= 4 is 17.7 Å². The fourth-order valence-electron chi connectivity index (χ4n) is 1.63. The van der Waals surface area contributed by atoms with Gasteiger partial charge in [0.1, 0.15) is 17.8 Å². The van der Waals surface area contributed by atoms with Gasteiger partial charge in [-0.15, -0.1) is 24.8 Å². The summed E-state index contributed by atoms with van der Waals surface area (Å²) in [5, 5.41) is 2.83. The first-order valence-electron chi connectivity index (χ1n) is 5.75. The molecule has 3 nitrogen and oxygen atoms in total. The minimum Gasteiger partial charge on any atom is -0.469 e. The van der Waals surface area contributed by atoms with Gasteiger partial charge in [0.05, 0.1) is 5.88 Å². The second kappa shape index (κ2) is 5.85. The first-order valence-corrected chi connectivity index (χ1v) is 6.28. The molecular formula is C13H10ClF4NO2. The van der Waals surface area contributed by atoms with E-state index in [1.165, 1.54) is 24.6 Å². The SMILES string of the molecule is Fc1cc(OC(F)(F)F)ccc1/C=C/C1(CCl)NC=CO1. The zero-order valence-corrected chi connectivity index (χ0v) is 11.2. The van der Waals surface area contributed by atoms with Gasteiger partial charge in [0.15, 0.2) is 0 Å². The Labute approximate surface area is 122 Å². The highest BCUT2D eigenvalue weighted by molar-refractivity contribution is 6.18. The predicted octanol–water partition coefficient (Wildman–Crippen LogP) is 3.76. The molecule has 0 bridgehead atoms. The average molecular weight is 324 g/mol.